The minimum atomic E-state index is -3.43. The predicted octanol–water partition coefficient (Wildman–Crippen LogP) is 5.29. The molecule has 0 aliphatic rings. The van der Waals surface area contributed by atoms with Gasteiger partial charge in [-0.25, -0.2) is 0 Å². The maximum absolute atomic E-state index is 15.4. The fraction of sp³-hybridized carbons (Fsp3) is 0. The summed E-state index contributed by atoms with van der Waals surface area (Å²) in [6.45, 7) is 0. The molecule has 0 N–H and O–H groups in total. The van der Waals surface area contributed by atoms with Gasteiger partial charge in [-0.1, -0.05) is 0 Å². The molecule has 0 unspecified atom stereocenters. The van der Waals surface area contributed by atoms with Crippen molar-refractivity contribution in [2.24, 2.45) is 0 Å². The first-order valence-electron chi connectivity index (χ1n) is 8.81. The molecule has 0 spiro atoms. The average Bonchev–Trinajstić information content (AvgIpc) is 2.75. The molecule has 0 fully saturated rings. The maximum atomic E-state index is 15.4. The molecule has 134 valence electrons. The van der Waals surface area contributed by atoms with Gasteiger partial charge in [-0.3, -0.25) is 0 Å². The number of hydrogen-bond donors (Lipinski definition) is 0. The third-order valence-electron chi connectivity index (χ3n) is 5.03. The van der Waals surface area contributed by atoms with Crippen molar-refractivity contribution in [1.29, 1.82) is 0 Å². The van der Waals surface area contributed by atoms with Gasteiger partial charge in [0.15, 0.2) is 0 Å². The molecule has 0 heterocycles. The Bertz CT molecular complexity index is 950. The van der Waals surface area contributed by atoms with Crippen LogP contribution in [0.2, 0.25) is 0 Å². The summed E-state index contributed by atoms with van der Waals surface area (Å²) >= 11 is 4.27. The quantitative estimate of drug-likeness (QED) is 0.381. The molecule has 0 saturated carbocycles. The molecule has 4 aromatic carbocycles. The summed E-state index contributed by atoms with van der Waals surface area (Å²) in [5.74, 6) is -0.205. The summed E-state index contributed by atoms with van der Waals surface area (Å²) in [6, 6.07) is 37.8. The van der Waals surface area contributed by atoms with Gasteiger partial charge in [0, 0.05) is 0 Å². The first kappa shape index (κ1) is 18.1. The van der Waals surface area contributed by atoms with E-state index in [1.807, 2.05) is 66.7 Å². The molecule has 0 aromatic heterocycles. The average molecular weight is 437 g/mol. The van der Waals surface area contributed by atoms with Crippen molar-refractivity contribution >= 4 is 42.0 Å². The molecule has 0 atom stereocenters. The molecule has 4 aromatic rings. The summed E-state index contributed by atoms with van der Waals surface area (Å²) in [7, 11) is 0. The first-order chi connectivity index (χ1) is 13.2. The third-order valence-corrected chi connectivity index (χ3v) is 14.9. The standard InChI is InChI=1S/C24H19BrFP/c25-27(20-12-4-1-5-13-20,21-14-6-2-7-15-21,22-16-8-3-9-17-22)24-19-11-10-18-23(24)26/h1-19H. The van der Waals surface area contributed by atoms with Gasteiger partial charge >= 0.3 is 167 Å². The molecule has 4 rings (SSSR count). The van der Waals surface area contributed by atoms with Crippen molar-refractivity contribution in [1.82, 2.24) is 0 Å². The van der Waals surface area contributed by atoms with E-state index in [1.165, 1.54) is 0 Å². The molecule has 0 bridgehead atoms. The van der Waals surface area contributed by atoms with Crippen molar-refractivity contribution in [2.45, 2.75) is 0 Å². The van der Waals surface area contributed by atoms with Crippen LogP contribution in [0.15, 0.2) is 115 Å². The monoisotopic (exact) mass is 436 g/mol. The zero-order chi connectivity index (χ0) is 18.8. The predicted molar refractivity (Wildman–Crippen MR) is 120 cm³/mol. The fourth-order valence-electron chi connectivity index (χ4n) is 3.78. The van der Waals surface area contributed by atoms with Crippen LogP contribution in [0, 0.1) is 5.82 Å². The Hall–Kier alpha value is -2.28. The first-order valence-corrected chi connectivity index (χ1v) is 13.1. The van der Waals surface area contributed by atoms with Gasteiger partial charge in [0.25, 0.3) is 0 Å². The Labute approximate surface area is 167 Å². The molecule has 0 saturated heterocycles. The van der Waals surface area contributed by atoms with Crippen molar-refractivity contribution < 1.29 is 4.39 Å². The Kier molecular flexibility index (Phi) is 4.72. The van der Waals surface area contributed by atoms with Crippen LogP contribution < -0.4 is 21.2 Å². The normalized spacial score (nSPS) is 12.9. The van der Waals surface area contributed by atoms with E-state index in [2.05, 4.69) is 51.9 Å². The van der Waals surface area contributed by atoms with Gasteiger partial charge in [0.1, 0.15) is 0 Å². The molecule has 0 nitrogen and oxygen atoms in total. The second-order valence-electron chi connectivity index (χ2n) is 6.47. The number of benzene rings is 4. The molecule has 0 radical (unpaired) electrons. The van der Waals surface area contributed by atoms with E-state index in [9.17, 15) is 0 Å². The molecular formula is C24H19BrFP. The molecule has 0 aliphatic heterocycles. The van der Waals surface area contributed by atoms with Gasteiger partial charge < -0.3 is 0 Å². The van der Waals surface area contributed by atoms with Crippen LogP contribution in [0.3, 0.4) is 0 Å². The second-order valence-corrected chi connectivity index (χ2v) is 14.8. The summed E-state index contributed by atoms with van der Waals surface area (Å²) in [4.78, 5) is 0. The van der Waals surface area contributed by atoms with Crippen molar-refractivity contribution in [3.63, 3.8) is 0 Å². The summed E-state index contributed by atoms with van der Waals surface area (Å²) in [5, 5.41) is 0.486. The van der Waals surface area contributed by atoms with Gasteiger partial charge in [-0.15, -0.1) is 0 Å². The van der Waals surface area contributed by atoms with Crippen LogP contribution in [-0.4, -0.2) is 0 Å². The third kappa shape index (κ3) is 2.67. The van der Waals surface area contributed by atoms with Crippen molar-refractivity contribution in [3.8, 4) is 0 Å². The second kappa shape index (κ2) is 7.03. The van der Waals surface area contributed by atoms with E-state index < -0.39 is 5.31 Å². The zero-order valence-corrected chi connectivity index (χ0v) is 17.2. The topological polar surface area (TPSA) is 0 Å². The van der Waals surface area contributed by atoms with Crippen LogP contribution in [-0.2, 0) is 0 Å². The van der Waals surface area contributed by atoms with Crippen LogP contribution in [0.25, 0.3) is 0 Å². The van der Waals surface area contributed by atoms with Crippen LogP contribution in [0.1, 0.15) is 0 Å². The molecule has 0 aliphatic carbocycles. The van der Waals surface area contributed by atoms with Gasteiger partial charge in [0.2, 0.25) is 0 Å². The van der Waals surface area contributed by atoms with Gasteiger partial charge in [-0.05, 0) is 0 Å². The number of hydrogen-bond acceptors (Lipinski definition) is 0. The summed E-state index contributed by atoms with van der Waals surface area (Å²) in [6.07, 6.45) is 0. The van der Waals surface area contributed by atoms with E-state index >= 15 is 4.39 Å². The van der Waals surface area contributed by atoms with E-state index in [1.54, 1.807) is 12.1 Å². The molecule has 27 heavy (non-hydrogen) atoms. The Morgan fingerprint density at radius 3 is 1.19 bits per heavy atom. The van der Waals surface area contributed by atoms with E-state index in [-0.39, 0.29) is 5.82 Å². The number of halogens is 2. The fourth-order valence-corrected chi connectivity index (χ4v) is 11.5. The van der Waals surface area contributed by atoms with Crippen molar-refractivity contribution in [3.05, 3.63) is 121 Å². The molecule has 3 heteroatoms. The van der Waals surface area contributed by atoms with Crippen LogP contribution >= 0.6 is 20.8 Å². The van der Waals surface area contributed by atoms with E-state index in [4.69, 9.17) is 0 Å². The summed E-state index contributed by atoms with van der Waals surface area (Å²) < 4.78 is 15.4. The Balaban J connectivity index is 2.26. The molecule has 0 amide bonds. The van der Waals surface area contributed by atoms with E-state index in [0.29, 0.717) is 5.30 Å². The van der Waals surface area contributed by atoms with Gasteiger partial charge in [-0.2, -0.15) is 0 Å². The summed E-state index contributed by atoms with van der Waals surface area (Å²) in [5.41, 5.74) is 0. The zero-order valence-electron chi connectivity index (χ0n) is 14.7. The van der Waals surface area contributed by atoms with E-state index in [0.717, 1.165) is 15.9 Å². The minimum absolute atomic E-state index is 0.205. The number of rotatable bonds is 4. The van der Waals surface area contributed by atoms with Crippen LogP contribution in [0.5, 0.6) is 0 Å². The SMILES string of the molecule is Fc1ccccc1P(Br)(c1ccccc1)(c1ccccc1)c1ccccc1. The Morgan fingerprint density at radius 2 is 0.815 bits per heavy atom. The van der Waals surface area contributed by atoms with Crippen molar-refractivity contribution in [2.75, 3.05) is 0 Å². The Morgan fingerprint density at radius 1 is 0.481 bits per heavy atom. The van der Waals surface area contributed by atoms with Gasteiger partial charge in [0.05, 0.1) is 0 Å². The molecular weight excluding hydrogens is 418 g/mol. The van der Waals surface area contributed by atoms with Crippen LogP contribution in [0.4, 0.5) is 4.39 Å².